The Bertz CT molecular complexity index is 1080. The van der Waals surface area contributed by atoms with Gasteiger partial charge in [-0.1, -0.05) is 54.6 Å². The lowest BCUT2D eigenvalue weighted by Gasteiger charge is -2.36. The molecule has 0 atom stereocenters. The van der Waals surface area contributed by atoms with Crippen LogP contribution in [-0.2, 0) is 6.42 Å². The largest absolute Gasteiger partial charge is 0.334 e. The maximum atomic E-state index is 13.7. The number of benzene rings is 2. The second kappa shape index (κ2) is 8.09. The van der Waals surface area contributed by atoms with E-state index in [1.54, 1.807) is 0 Å². The number of rotatable bonds is 3. The summed E-state index contributed by atoms with van der Waals surface area (Å²) in [6, 6.07) is 15.5. The van der Waals surface area contributed by atoms with Crippen LogP contribution < -0.4 is 0 Å². The molecule has 0 unspecified atom stereocenters. The third-order valence-electron chi connectivity index (χ3n) is 6.22. The zero-order valence-electron chi connectivity index (χ0n) is 16.7. The number of halogens is 2. The highest BCUT2D eigenvalue weighted by molar-refractivity contribution is 6.33. The van der Waals surface area contributed by atoms with Gasteiger partial charge in [-0.2, -0.15) is 0 Å². The van der Waals surface area contributed by atoms with Gasteiger partial charge < -0.3 is 4.90 Å². The van der Waals surface area contributed by atoms with Crippen LogP contribution in [0.1, 0.15) is 48.3 Å². The lowest BCUT2D eigenvalue weighted by atomic mass is 9.92. The highest BCUT2D eigenvalue weighted by Gasteiger charge is 2.36. The minimum absolute atomic E-state index is 0.0731. The molecule has 2 aliphatic rings. The normalized spacial score (nSPS) is 17.3. The number of amides is 1. The molecule has 1 saturated carbocycles. The van der Waals surface area contributed by atoms with Crippen LogP contribution in [0.3, 0.4) is 0 Å². The van der Waals surface area contributed by atoms with E-state index in [0.717, 1.165) is 42.8 Å². The van der Waals surface area contributed by atoms with Crippen molar-refractivity contribution in [2.24, 2.45) is 0 Å². The lowest BCUT2D eigenvalue weighted by molar-refractivity contribution is 0.0605. The highest BCUT2D eigenvalue weighted by Crippen LogP contribution is 2.35. The summed E-state index contributed by atoms with van der Waals surface area (Å²) in [7, 11) is 0. The molecule has 0 N–H and O–H groups in total. The predicted octanol–water partition coefficient (Wildman–Crippen LogP) is 6.18. The first-order valence-electron chi connectivity index (χ1n) is 10.6. The van der Waals surface area contributed by atoms with Crippen molar-refractivity contribution in [3.63, 3.8) is 0 Å². The Morgan fingerprint density at radius 1 is 0.933 bits per heavy atom. The van der Waals surface area contributed by atoms with Crippen molar-refractivity contribution in [1.29, 1.82) is 0 Å². The maximum Gasteiger partial charge on any atom is 0.273 e. The Labute approximate surface area is 186 Å². The molecule has 1 fully saturated rings. The first-order valence-corrected chi connectivity index (χ1v) is 11.3. The Hall–Kier alpha value is -2.30. The molecule has 0 spiro atoms. The molecular formula is C24H23Cl2N3O. The summed E-state index contributed by atoms with van der Waals surface area (Å²) in [6.07, 6.45) is 6.60. The van der Waals surface area contributed by atoms with Crippen molar-refractivity contribution in [2.45, 2.75) is 44.6 Å². The average Bonchev–Trinajstić information content (AvgIpc) is 3.16. The van der Waals surface area contributed by atoms with E-state index >= 15 is 0 Å². The summed E-state index contributed by atoms with van der Waals surface area (Å²) >= 11 is 12.7. The van der Waals surface area contributed by atoms with E-state index < -0.39 is 0 Å². The molecule has 1 aliphatic heterocycles. The molecule has 1 aromatic heterocycles. The van der Waals surface area contributed by atoms with Gasteiger partial charge >= 0.3 is 0 Å². The van der Waals surface area contributed by atoms with Crippen molar-refractivity contribution in [3.05, 3.63) is 70.0 Å². The summed E-state index contributed by atoms with van der Waals surface area (Å²) in [4.78, 5) is 20.7. The molecular weight excluding hydrogens is 417 g/mol. The van der Waals surface area contributed by atoms with Crippen molar-refractivity contribution in [1.82, 2.24) is 14.5 Å². The molecule has 0 bridgehead atoms. The fourth-order valence-electron chi connectivity index (χ4n) is 4.73. The van der Waals surface area contributed by atoms with Crippen LogP contribution in [0.5, 0.6) is 0 Å². The van der Waals surface area contributed by atoms with E-state index in [9.17, 15) is 4.79 Å². The minimum atomic E-state index is 0.0731. The average molecular weight is 440 g/mol. The highest BCUT2D eigenvalue weighted by atomic mass is 35.5. The van der Waals surface area contributed by atoms with Crippen LogP contribution in [0.4, 0.5) is 0 Å². The van der Waals surface area contributed by atoms with Gasteiger partial charge in [0.15, 0.2) is 0 Å². The van der Waals surface area contributed by atoms with E-state index in [1.165, 1.54) is 19.3 Å². The van der Waals surface area contributed by atoms with Gasteiger partial charge in [0.25, 0.3) is 5.91 Å². The van der Waals surface area contributed by atoms with Crippen LogP contribution in [0.2, 0.25) is 10.0 Å². The Kier molecular flexibility index (Phi) is 5.30. The van der Waals surface area contributed by atoms with Gasteiger partial charge in [0.05, 0.1) is 10.7 Å². The van der Waals surface area contributed by atoms with Crippen LogP contribution in [0, 0.1) is 0 Å². The molecule has 2 aromatic carbocycles. The zero-order chi connectivity index (χ0) is 20.7. The van der Waals surface area contributed by atoms with Gasteiger partial charge in [0.1, 0.15) is 11.5 Å². The van der Waals surface area contributed by atoms with E-state index in [4.69, 9.17) is 28.2 Å². The third-order valence-corrected chi connectivity index (χ3v) is 6.80. The maximum absolute atomic E-state index is 13.7. The molecule has 0 radical (unpaired) electrons. The number of imidazole rings is 1. The number of carbonyl (C=O) groups excluding carboxylic acids is 1. The summed E-state index contributed by atoms with van der Waals surface area (Å²) in [5, 5.41) is 1.27. The van der Waals surface area contributed by atoms with Crippen LogP contribution >= 0.6 is 23.2 Å². The quantitative estimate of drug-likeness (QED) is 0.488. The van der Waals surface area contributed by atoms with Gasteiger partial charge in [-0.15, -0.1) is 0 Å². The summed E-state index contributed by atoms with van der Waals surface area (Å²) in [6.45, 7) is 0.732. The number of fused-ring (bicyclic) bond motifs is 1. The summed E-state index contributed by atoms with van der Waals surface area (Å²) in [5.74, 6) is 0.774. The minimum Gasteiger partial charge on any atom is -0.334 e. The number of hydrogen-bond donors (Lipinski definition) is 0. The standard InChI is InChI=1S/C24H23Cl2N3O/c25-16-10-12-18(13-11-16)29-22-21(27-23(29)19-8-4-5-9-20(19)26)14-15-28(24(22)30)17-6-2-1-3-7-17/h4-5,8-13,17H,1-3,6-7,14-15H2. The van der Waals surface area contributed by atoms with Crippen LogP contribution in [0.15, 0.2) is 48.5 Å². The third kappa shape index (κ3) is 3.42. The van der Waals surface area contributed by atoms with E-state index in [0.29, 0.717) is 27.6 Å². The van der Waals surface area contributed by atoms with E-state index in [2.05, 4.69) is 4.90 Å². The van der Waals surface area contributed by atoms with Crippen LogP contribution in [0.25, 0.3) is 17.1 Å². The Morgan fingerprint density at radius 2 is 1.67 bits per heavy atom. The van der Waals surface area contributed by atoms with E-state index in [1.807, 2.05) is 53.1 Å². The van der Waals surface area contributed by atoms with Crippen molar-refractivity contribution >= 4 is 29.1 Å². The SMILES string of the molecule is O=C1c2c(nc(-c3ccccc3Cl)n2-c2ccc(Cl)cc2)CCN1C1CCCCC1. The fraction of sp³-hybridized carbons (Fsp3) is 0.333. The summed E-state index contributed by atoms with van der Waals surface area (Å²) < 4.78 is 1.96. The Balaban J connectivity index is 1.67. The molecule has 2 heterocycles. The first kappa shape index (κ1) is 19.7. The molecule has 6 heteroatoms. The molecule has 154 valence electrons. The fourth-order valence-corrected chi connectivity index (χ4v) is 5.08. The number of hydrogen-bond acceptors (Lipinski definition) is 2. The van der Waals surface area contributed by atoms with E-state index in [-0.39, 0.29) is 5.91 Å². The van der Waals surface area contributed by atoms with Crippen LogP contribution in [-0.4, -0.2) is 32.9 Å². The zero-order valence-corrected chi connectivity index (χ0v) is 18.2. The smallest absolute Gasteiger partial charge is 0.273 e. The van der Waals surface area contributed by atoms with Gasteiger partial charge in [0.2, 0.25) is 0 Å². The predicted molar refractivity (Wildman–Crippen MR) is 121 cm³/mol. The number of carbonyl (C=O) groups is 1. The van der Waals surface area contributed by atoms with Gasteiger partial charge in [-0.05, 0) is 49.2 Å². The molecule has 5 rings (SSSR count). The van der Waals surface area contributed by atoms with Gasteiger partial charge in [0, 0.05) is 35.3 Å². The second-order valence-electron chi connectivity index (χ2n) is 8.06. The second-order valence-corrected chi connectivity index (χ2v) is 8.91. The van der Waals surface area contributed by atoms with Crippen molar-refractivity contribution in [2.75, 3.05) is 6.54 Å². The topological polar surface area (TPSA) is 38.1 Å². The molecule has 1 aliphatic carbocycles. The molecule has 4 nitrogen and oxygen atoms in total. The molecule has 1 amide bonds. The number of aromatic nitrogens is 2. The molecule has 30 heavy (non-hydrogen) atoms. The van der Waals surface area contributed by atoms with Gasteiger partial charge in [-0.25, -0.2) is 4.98 Å². The monoisotopic (exact) mass is 439 g/mol. The molecule has 3 aromatic rings. The molecule has 0 saturated heterocycles. The number of nitrogens with zero attached hydrogens (tertiary/aromatic N) is 3. The van der Waals surface area contributed by atoms with Crippen molar-refractivity contribution in [3.8, 4) is 17.1 Å². The lowest BCUT2D eigenvalue weighted by Crippen LogP contribution is -2.46. The first-order chi connectivity index (χ1) is 14.6. The van der Waals surface area contributed by atoms with Gasteiger partial charge in [-0.3, -0.25) is 9.36 Å². The Morgan fingerprint density at radius 3 is 2.40 bits per heavy atom. The summed E-state index contributed by atoms with van der Waals surface area (Å²) in [5.41, 5.74) is 3.18. The van der Waals surface area contributed by atoms with Crippen molar-refractivity contribution < 1.29 is 4.79 Å².